The van der Waals surface area contributed by atoms with Gasteiger partial charge in [-0.25, -0.2) is 9.37 Å². The third-order valence-corrected chi connectivity index (χ3v) is 5.64. The molecule has 8 nitrogen and oxygen atoms in total. The number of anilines is 2. The van der Waals surface area contributed by atoms with Gasteiger partial charge in [0.1, 0.15) is 11.5 Å². The number of alkyl halides is 1. The van der Waals surface area contributed by atoms with Crippen molar-refractivity contribution in [3.8, 4) is 11.1 Å². The number of aromatic nitrogens is 2. The van der Waals surface area contributed by atoms with Crippen LogP contribution in [0.5, 0.6) is 0 Å². The molecule has 1 amide bonds. The van der Waals surface area contributed by atoms with Gasteiger partial charge in [0, 0.05) is 44.0 Å². The van der Waals surface area contributed by atoms with Gasteiger partial charge >= 0.3 is 0 Å². The van der Waals surface area contributed by atoms with E-state index in [2.05, 4.69) is 25.7 Å². The number of halogens is 1. The first kappa shape index (κ1) is 23.8. The van der Waals surface area contributed by atoms with E-state index in [9.17, 15) is 9.18 Å². The number of rotatable bonds is 9. The molecule has 1 aliphatic heterocycles. The summed E-state index contributed by atoms with van der Waals surface area (Å²) in [5.41, 5.74) is 1.37. The second-order valence-electron chi connectivity index (χ2n) is 8.78. The highest BCUT2D eigenvalue weighted by Gasteiger charge is 2.24. The Labute approximate surface area is 198 Å². The van der Waals surface area contributed by atoms with Crippen molar-refractivity contribution in [3.05, 3.63) is 59.9 Å². The Bertz CT molecular complexity index is 1070. The highest BCUT2D eigenvalue weighted by Crippen LogP contribution is 2.26. The molecule has 180 valence electrons. The summed E-state index contributed by atoms with van der Waals surface area (Å²) < 4.78 is 24.3. The lowest BCUT2D eigenvalue weighted by molar-refractivity contribution is -0.115. The number of hydrogen-bond donors (Lipinski definition) is 2. The van der Waals surface area contributed by atoms with E-state index in [1.807, 2.05) is 42.6 Å². The number of benzene rings is 1. The van der Waals surface area contributed by atoms with Crippen LogP contribution >= 0.6 is 0 Å². The lowest BCUT2D eigenvalue weighted by atomic mass is 10.0. The summed E-state index contributed by atoms with van der Waals surface area (Å²) in [4.78, 5) is 19.2. The third kappa shape index (κ3) is 6.61. The molecular weight excluding hydrogens is 437 g/mol. The summed E-state index contributed by atoms with van der Waals surface area (Å²) >= 11 is 0. The van der Waals surface area contributed by atoms with Gasteiger partial charge < -0.3 is 14.6 Å². The van der Waals surface area contributed by atoms with Crippen LogP contribution in [-0.4, -0.2) is 60.3 Å². The predicted molar refractivity (Wildman–Crippen MR) is 128 cm³/mol. The monoisotopic (exact) mass is 467 g/mol. The van der Waals surface area contributed by atoms with Crippen LogP contribution in [0.3, 0.4) is 0 Å². The Hall–Kier alpha value is -3.30. The number of nitrogens with one attached hydrogen (secondary N) is 2. The Kier molecular flexibility index (Phi) is 7.54. The number of carbonyl (C=O) groups is 1. The quantitative estimate of drug-likeness (QED) is 0.494. The average Bonchev–Trinajstić information content (AvgIpc) is 3.30. The molecule has 0 spiro atoms. The molecule has 2 N–H and O–H groups in total. The van der Waals surface area contributed by atoms with Crippen molar-refractivity contribution in [3.63, 3.8) is 0 Å². The Morgan fingerprint density at radius 3 is 2.50 bits per heavy atom. The molecule has 0 saturated carbocycles. The number of amides is 1. The van der Waals surface area contributed by atoms with Crippen LogP contribution in [0.1, 0.15) is 25.1 Å². The fourth-order valence-corrected chi connectivity index (χ4v) is 3.63. The van der Waals surface area contributed by atoms with Crippen molar-refractivity contribution >= 4 is 17.6 Å². The van der Waals surface area contributed by atoms with Crippen LogP contribution in [0.4, 0.5) is 16.1 Å². The molecule has 0 bridgehead atoms. The second-order valence-corrected chi connectivity index (χ2v) is 8.78. The molecule has 0 radical (unpaired) electrons. The normalized spacial score (nSPS) is 14.7. The molecule has 3 heterocycles. The number of nitrogens with zero attached hydrogens (tertiary/aromatic N) is 3. The highest BCUT2D eigenvalue weighted by molar-refractivity contribution is 5.91. The first-order valence-electron chi connectivity index (χ1n) is 11.4. The van der Waals surface area contributed by atoms with Crippen molar-refractivity contribution in [2.75, 3.05) is 50.0 Å². The zero-order valence-electron chi connectivity index (χ0n) is 19.5. The van der Waals surface area contributed by atoms with Gasteiger partial charge in [0.25, 0.3) is 0 Å². The number of morpholine rings is 1. The molecule has 34 heavy (non-hydrogen) atoms. The molecule has 1 aromatic carbocycles. The fourth-order valence-electron chi connectivity index (χ4n) is 3.63. The molecule has 0 aliphatic carbocycles. The molecule has 2 aromatic heterocycles. The van der Waals surface area contributed by atoms with Gasteiger partial charge in [-0.15, -0.1) is 0 Å². The van der Waals surface area contributed by atoms with Crippen molar-refractivity contribution in [1.82, 2.24) is 15.0 Å². The van der Waals surface area contributed by atoms with E-state index >= 15 is 0 Å². The SMILES string of the molecule is CC(C)(F)c1cc(NC(=O)Cc2ccc(-c3ccc(NCCN4CCOCC4)nc3)cc2)on1. The minimum Gasteiger partial charge on any atom is -0.379 e. The third-order valence-electron chi connectivity index (χ3n) is 5.64. The topological polar surface area (TPSA) is 92.5 Å². The van der Waals surface area contributed by atoms with Gasteiger partial charge in [0.05, 0.1) is 19.6 Å². The standard InChI is InChI=1S/C25H30FN5O3/c1-25(2,26)21-16-24(34-30-21)29-23(32)15-18-3-5-19(6-4-18)20-7-8-22(28-17-20)27-9-10-31-11-13-33-14-12-31/h3-8,16-17H,9-15H2,1-2H3,(H,27,28)(H,29,32). The Balaban J connectivity index is 1.26. The molecule has 1 saturated heterocycles. The van der Waals surface area contributed by atoms with E-state index in [0.29, 0.717) is 0 Å². The molecule has 4 rings (SSSR count). The number of hydrogen-bond acceptors (Lipinski definition) is 7. The maximum absolute atomic E-state index is 13.9. The molecular formula is C25H30FN5O3. The van der Waals surface area contributed by atoms with E-state index in [4.69, 9.17) is 9.26 Å². The Morgan fingerprint density at radius 2 is 1.85 bits per heavy atom. The van der Waals surface area contributed by atoms with Gasteiger partial charge in [-0.1, -0.05) is 29.4 Å². The Morgan fingerprint density at radius 1 is 1.12 bits per heavy atom. The zero-order valence-corrected chi connectivity index (χ0v) is 19.5. The van der Waals surface area contributed by atoms with Crippen LogP contribution in [0.15, 0.2) is 53.2 Å². The van der Waals surface area contributed by atoms with Crippen molar-refractivity contribution in [2.24, 2.45) is 0 Å². The lowest BCUT2D eigenvalue weighted by Gasteiger charge is -2.26. The van der Waals surface area contributed by atoms with Gasteiger partial charge in [-0.2, -0.15) is 0 Å². The smallest absolute Gasteiger partial charge is 0.231 e. The van der Waals surface area contributed by atoms with E-state index in [-0.39, 0.29) is 23.9 Å². The summed E-state index contributed by atoms with van der Waals surface area (Å²) in [6.45, 7) is 8.12. The van der Waals surface area contributed by atoms with Gasteiger partial charge in [-0.3, -0.25) is 15.0 Å². The number of ether oxygens (including phenoxy) is 1. The van der Waals surface area contributed by atoms with Crippen LogP contribution in [0.25, 0.3) is 11.1 Å². The fraction of sp³-hybridized carbons (Fsp3) is 0.400. The van der Waals surface area contributed by atoms with E-state index in [0.717, 1.165) is 61.9 Å². The summed E-state index contributed by atoms with van der Waals surface area (Å²) in [5, 5.41) is 9.63. The zero-order chi connectivity index (χ0) is 24.0. The molecule has 1 fully saturated rings. The van der Waals surface area contributed by atoms with E-state index in [1.54, 1.807) is 0 Å². The highest BCUT2D eigenvalue weighted by atomic mass is 19.1. The van der Waals surface area contributed by atoms with E-state index < -0.39 is 5.67 Å². The van der Waals surface area contributed by atoms with Crippen LogP contribution < -0.4 is 10.6 Å². The molecule has 9 heteroatoms. The minimum absolute atomic E-state index is 0.132. The maximum Gasteiger partial charge on any atom is 0.231 e. The summed E-state index contributed by atoms with van der Waals surface area (Å²) in [7, 11) is 0. The predicted octanol–water partition coefficient (Wildman–Crippen LogP) is 3.87. The van der Waals surface area contributed by atoms with Crippen molar-refractivity contribution in [1.29, 1.82) is 0 Å². The number of pyridine rings is 1. The molecule has 1 aliphatic rings. The second kappa shape index (κ2) is 10.8. The van der Waals surface area contributed by atoms with Crippen molar-refractivity contribution < 1.29 is 18.4 Å². The van der Waals surface area contributed by atoms with Crippen molar-refractivity contribution in [2.45, 2.75) is 25.9 Å². The first-order chi connectivity index (χ1) is 16.4. The van der Waals surface area contributed by atoms with Crippen LogP contribution in [-0.2, 0) is 21.6 Å². The maximum atomic E-state index is 13.9. The van der Waals surface area contributed by atoms with Crippen LogP contribution in [0.2, 0.25) is 0 Å². The molecule has 0 atom stereocenters. The van der Waals surface area contributed by atoms with Gasteiger partial charge in [0.2, 0.25) is 11.8 Å². The first-order valence-corrected chi connectivity index (χ1v) is 11.4. The summed E-state index contributed by atoms with van der Waals surface area (Å²) in [6.07, 6.45) is 2.01. The summed E-state index contributed by atoms with van der Waals surface area (Å²) in [5.74, 6) is 0.713. The minimum atomic E-state index is -1.63. The molecule has 0 unspecified atom stereocenters. The molecule has 3 aromatic rings. The number of carbonyl (C=O) groups excluding carboxylic acids is 1. The summed E-state index contributed by atoms with van der Waals surface area (Å²) in [6, 6.07) is 13.1. The lowest BCUT2D eigenvalue weighted by Crippen LogP contribution is -2.39. The van der Waals surface area contributed by atoms with Crippen LogP contribution in [0, 0.1) is 0 Å². The van der Waals surface area contributed by atoms with Gasteiger partial charge in [-0.05, 0) is 37.1 Å². The largest absolute Gasteiger partial charge is 0.379 e. The van der Waals surface area contributed by atoms with Gasteiger partial charge in [0.15, 0.2) is 5.67 Å². The van der Waals surface area contributed by atoms with E-state index in [1.165, 1.54) is 19.9 Å². The average molecular weight is 468 g/mol.